The highest BCUT2D eigenvalue weighted by molar-refractivity contribution is 6.31. The lowest BCUT2D eigenvalue weighted by molar-refractivity contribution is -0.148. The van der Waals surface area contributed by atoms with E-state index in [-0.39, 0.29) is 22.4 Å². The molecule has 0 aliphatic carbocycles. The lowest BCUT2D eigenvalue weighted by Crippen LogP contribution is -2.25. The molecule has 1 unspecified atom stereocenters. The molecule has 140 valence electrons. The first-order valence-corrected chi connectivity index (χ1v) is 7.44. The summed E-state index contributed by atoms with van der Waals surface area (Å²) in [5.41, 5.74) is -1.04. The second-order valence-electron chi connectivity index (χ2n) is 4.99. The van der Waals surface area contributed by atoms with Crippen LogP contribution in [0.5, 0.6) is 17.4 Å². The molecular formula is C16H12ClF4NO4. The minimum absolute atomic E-state index is 0.0743. The maximum atomic E-state index is 14.0. The molecule has 1 aromatic heterocycles. The van der Waals surface area contributed by atoms with E-state index in [0.29, 0.717) is 12.3 Å². The largest absolute Gasteiger partial charge is 0.476 e. The number of pyridine rings is 1. The van der Waals surface area contributed by atoms with Crippen molar-refractivity contribution in [3.05, 3.63) is 46.9 Å². The van der Waals surface area contributed by atoms with E-state index in [1.54, 1.807) is 0 Å². The van der Waals surface area contributed by atoms with Crippen molar-refractivity contribution < 1.29 is 36.6 Å². The standard InChI is InChI=1S/C16H12ClF4NO4/c1-8(15(23)24-2)25-13-4-3-10(6-12(13)18)26-14-11(17)5-9(7-22-14)16(19,20)21/h3-8H,1-2H3. The summed E-state index contributed by atoms with van der Waals surface area (Å²) in [4.78, 5) is 14.8. The Labute approximate surface area is 150 Å². The van der Waals surface area contributed by atoms with Crippen molar-refractivity contribution >= 4 is 17.6 Å². The average molecular weight is 394 g/mol. The lowest BCUT2D eigenvalue weighted by Gasteiger charge is -2.14. The van der Waals surface area contributed by atoms with E-state index in [4.69, 9.17) is 21.1 Å². The molecule has 0 amide bonds. The van der Waals surface area contributed by atoms with Gasteiger partial charge in [0.1, 0.15) is 10.8 Å². The van der Waals surface area contributed by atoms with Crippen molar-refractivity contribution in [2.45, 2.75) is 19.2 Å². The van der Waals surface area contributed by atoms with E-state index in [2.05, 4.69) is 9.72 Å². The van der Waals surface area contributed by atoms with Gasteiger partial charge < -0.3 is 14.2 Å². The number of esters is 1. The quantitative estimate of drug-likeness (QED) is 0.548. The number of ether oxygens (including phenoxy) is 3. The van der Waals surface area contributed by atoms with Gasteiger partial charge in [0, 0.05) is 12.3 Å². The smallest absolute Gasteiger partial charge is 0.417 e. The zero-order valence-corrected chi connectivity index (χ0v) is 14.2. The second kappa shape index (κ2) is 7.77. The minimum atomic E-state index is -4.60. The number of methoxy groups -OCH3 is 1. The summed E-state index contributed by atoms with van der Waals surface area (Å²) in [5, 5.41) is -0.389. The molecule has 0 aliphatic rings. The summed E-state index contributed by atoms with van der Waals surface area (Å²) in [7, 11) is 1.16. The van der Waals surface area contributed by atoms with Crippen LogP contribution in [0.3, 0.4) is 0 Å². The maximum absolute atomic E-state index is 14.0. The van der Waals surface area contributed by atoms with E-state index in [1.165, 1.54) is 19.1 Å². The molecule has 0 saturated heterocycles. The number of hydrogen-bond acceptors (Lipinski definition) is 5. The van der Waals surface area contributed by atoms with Gasteiger partial charge in [-0.1, -0.05) is 11.6 Å². The molecule has 0 N–H and O–H groups in total. The molecule has 1 aromatic carbocycles. The first-order valence-electron chi connectivity index (χ1n) is 7.06. The van der Waals surface area contributed by atoms with Crippen LogP contribution in [0.2, 0.25) is 5.02 Å². The SMILES string of the molecule is COC(=O)C(C)Oc1ccc(Oc2ncc(C(F)(F)F)cc2Cl)cc1F. The van der Waals surface area contributed by atoms with E-state index in [1.807, 2.05) is 0 Å². The van der Waals surface area contributed by atoms with Gasteiger partial charge in [-0.3, -0.25) is 0 Å². The molecule has 0 aliphatic heterocycles. The molecule has 10 heteroatoms. The predicted molar refractivity (Wildman–Crippen MR) is 82.8 cm³/mol. The molecule has 0 bridgehead atoms. The lowest BCUT2D eigenvalue weighted by atomic mass is 10.3. The third kappa shape index (κ3) is 4.75. The van der Waals surface area contributed by atoms with Gasteiger partial charge in [-0.2, -0.15) is 13.2 Å². The van der Waals surface area contributed by atoms with Crippen LogP contribution < -0.4 is 9.47 Å². The van der Waals surface area contributed by atoms with Gasteiger partial charge in [0.25, 0.3) is 0 Å². The number of hydrogen-bond donors (Lipinski definition) is 0. The van der Waals surface area contributed by atoms with Crippen molar-refractivity contribution in [1.29, 1.82) is 0 Å². The highest BCUT2D eigenvalue weighted by atomic mass is 35.5. The number of aromatic nitrogens is 1. The van der Waals surface area contributed by atoms with Crippen LogP contribution in [-0.2, 0) is 15.7 Å². The zero-order chi connectivity index (χ0) is 19.5. The molecule has 0 radical (unpaired) electrons. The van der Waals surface area contributed by atoms with Gasteiger partial charge in [-0.25, -0.2) is 14.2 Å². The molecule has 0 fully saturated rings. The first kappa shape index (κ1) is 19.8. The van der Waals surface area contributed by atoms with Crippen LogP contribution in [0.1, 0.15) is 12.5 Å². The van der Waals surface area contributed by atoms with Crippen LogP contribution >= 0.6 is 11.6 Å². The number of alkyl halides is 3. The Morgan fingerprint density at radius 3 is 2.50 bits per heavy atom. The molecule has 1 heterocycles. The molecule has 0 saturated carbocycles. The van der Waals surface area contributed by atoms with Gasteiger partial charge in [0.15, 0.2) is 17.7 Å². The number of nitrogens with zero attached hydrogens (tertiary/aromatic N) is 1. The van der Waals surface area contributed by atoms with E-state index in [9.17, 15) is 22.4 Å². The first-order chi connectivity index (χ1) is 12.1. The van der Waals surface area contributed by atoms with Crippen molar-refractivity contribution in [1.82, 2.24) is 4.98 Å². The number of carbonyl (C=O) groups excluding carboxylic acids is 1. The third-order valence-electron chi connectivity index (χ3n) is 3.09. The fraction of sp³-hybridized carbons (Fsp3) is 0.250. The fourth-order valence-electron chi connectivity index (χ4n) is 1.81. The second-order valence-corrected chi connectivity index (χ2v) is 5.39. The molecular weight excluding hydrogens is 382 g/mol. The summed E-state index contributed by atoms with van der Waals surface area (Å²) < 4.78 is 66.5. The van der Waals surface area contributed by atoms with E-state index in [0.717, 1.165) is 13.2 Å². The molecule has 2 rings (SSSR count). The van der Waals surface area contributed by atoms with Crippen LogP contribution in [0.4, 0.5) is 17.6 Å². The summed E-state index contributed by atoms with van der Waals surface area (Å²) in [6, 6.07) is 4.02. The molecule has 26 heavy (non-hydrogen) atoms. The summed E-state index contributed by atoms with van der Waals surface area (Å²) in [5.74, 6) is -2.18. The third-order valence-corrected chi connectivity index (χ3v) is 3.36. The van der Waals surface area contributed by atoms with Crippen LogP contribution in [0.15, 0.2) is 30.5 Å². The van der Waals surface area contributed by atoms with Crippen molar-refractivity contribution in [3.63, 3.8) is 0 Å². The van der Waals surface area contributed by atoms with Crippen LogP contribution in [0, 0.1) is 5.82 Å². The number of rotatable bonds is 5. The molecule has 5 nitrogen and oxygen atoms in total. The zero-order valence-electron chi connectivity index (χ0n) is 13.4. The van der Waals surface area contributed by atoms with E-state index < -0.39 is 29.6 Å². The topological polar surface area (TPSA) is 57.7 Å². The molecule has 2 aromatic rings. The van der Waals surface area contributed by atoms with Crippen LogP contribution in [-0.4, -0.2) is 24.2 Å². The Balaban J connectivity index is 2.16. The molecule has 1 atom stereocenters. The normalized spacial score (nSPS) is 12.4. The average Bonchev–Trinajstić information content (AvgIpc) is 2.57. The summed E-state index contributed by atoms with van der Waals surface area (Å²) in [6.45, 7) is 1.38. The Bertz CT molecular complexity index is 813. The van der Waals surface area contributed by atoms with Crippen LogP contribution in [0.25, 0.3) is 0 Å². The monoisotopic (exact) mass is 393 g/mol. The van der Waals surface area contributed by atoms with Gasteiger partial charge in [0.2, 0.25) is 5.88 Å². The Kier molecular flexibility index (Phi) is 5.91. The van der Waals surface area contributed by atoms with Crippen molar-refractivity contribution in [2.75, 3.05) is 7.11 Å². The van der Waals surface area contributed by atoms with Gasteiger partial charge in [0.05, 0.1) is 12.7 Å². The minimum Gasteiger partial charge on any atom is -0.476 e. The number of benzene rings is 1. The Morgan fingerprint density at radius 2 is 1.96 bits per heavy atom. The van der Waals surface area contributed by atoms with Gasteiger partial charge in [-0.15, -0.1) is 0 Å². The van der Waals surface area contributed by atoms with Crippen molar-refractivity contribution in [2.24, 2.45) is 0 Å². The highest BCUT2D eigenvalue weighted by Gasteiger charge is 2.31. The van der Waals surface area contributed by atoms with E-state index >= 15 is 0 Å². The summed E-state index contributed by atoms with van der Waals surface area (Å²) >= 11 is 5.72. The Morgan fingerprint density at radius 1 is 1.27 bits per heavy atom. The number of halogens is 5. The maximum Gasteiger partial charge on any atom is 0.417 e. The highest BCUT2D eigenvalue weighted by Crippen LogP contribution is 2.35. The fourth-order valence-corrected chi connectivity index (χ4v) is 2.02. The summed E-state index contributed by atoms with van der Waals surface area (Å²) in [6.07, 6.45) is -5.09. The number of carbonyl (C=O) groups is 1. The van der Waals surface area contributed by atoms with Gasteiger partial charge in [-0.05, 0) is 25.1 Å². The molecule has 0 spiro atoms. The predicted octanol–water partition coefficient (Wildman–Crippen LogP) is 4.63. The Hall–Kier alpha value is -2.55. The van der Waals surface area contributed by atoms with Gasteiger partial charge >= 0.3 is 12.1 Å². The van der Waals surface area contributed by atoms with Crippen molar-refractivity contribution in [3.8, 4) is 17.4 Å².